The molecule has 0 amide bonds. The number of carboxylic acid groups (broad SMARTS) is 8. The zero-order valence-electron chi connectivity index (χ0n) is 44.8. The molecule has 28 nitrogen and oxygen atoms in total. The summed E-state index contributed by atoms with van der Waals surface area (Å²) in [6.45, 7) is 0. The Hall–Kier alpha value is -1.92. The molecule has 6 rings (SSSR count). The van der Waals surface area contributed by atoms with Gasteiger partial charge in [-0.25, -0.2) is 33.7 Å². The number of hydrogen-bond donors (Lipinski definition) is 4. The Morgan fingerprint density at radius 2 is 0.417 bits per heavy atom. The van der Waals surface area contributed by atoms with E-state index in [1.165, 1.54) is 0 Å². The molecule has 0 saturated carbocycles. The van der Waals surface area contributed by atoms with Gasteiger partial charge in [0.2, 0.25) is 0 Å². The van der Waals surface area contributed by atoms with Gasteiger partial charge in [-0.3, -0.25) is 18.9 Å². The average molecular weight is 1300 g/mol. The first-order chi connectivity index (χ1) is 35.2. The topological polar surface area (TPSA) is 506 Å². The fourth-order valence-corrected chi connectivity index (χ4v) is 11.6. The third-order valence-corrected chi connectivity index (χ3v) is 15.6. The van der Waals surface area contributed by atoms with Crippen LogP contribution >= 0.6 is 0 Å². The molecule has 0 bridgehead atoms. The largest absolute Gasteiger partial charge is 1.00 e. The summed E-state index contributed by atoms with van der Waals surface area (Å²) < 4.78 is 121. The van der Waals surface area contributed by atoms with Gasteiger partial charge in [-0.2, -0.15) is 0 Å². The SMILES string of the molecule is O=C([O-])c1cc(NS(=O)(=O)c2ccc(-c3ccc(S(=O)(=O)Nc4cc(C(=O)[O-])cc(C(=O)[O-])c4)cc3S(=O)(=O)Nc3cc(C(=O)[O-])cc(C(=O)[O-])c3)c(S(=O)(=O)Nc3cc(C(=O)[O-])cc(C(=O)[O-])c3)c2)cc(C(=O)[O-])c1.[Na+].[Na+].[Na+].[Na+].[Na+].[Na+].[Na+].[Na+]. The van der Waals surface area contributed by atoms with Crippen LogP contribution in [-0.2, 0) is 40.1 Å². The molecule has 0 aliphatic carbocycles. The zero-order chi connectivity index (χ0) is 56.6. The summed E-state index contributed by atoms with van der Waals surface area (Å²) in [4.78, 5) is 88.6. The molecule has 6 aromatic carbocycles. The van der Waals surface area contributed by atoms with E-state index in [4.69, 9.17) is 0 Å². The van der Waals surface area contributed by atoms with Crippen LogP contribution < -0.4 is 296 Å². The van der Waals surface area contributed by atoms with Crippen LogP contribution in [0.2, 0.25) is 0 Å². The third kappa shape index (κ3) is 21.7. The zero-order valence-corrected chi connectivity index (χ0v) is 64.1. The van der Waals surface area contributed by atoms with Crippen molar-refractivity contribution in [2.75, 3.05) is 18.9 Å². The van der Waals surface area contributed by atoms with Crippen LogP contribution in [0.25, 0.3) is 11.1 Å². The second-order valence-electron chi connectivity index (χ2n) is 15.2. The van der Waals surface area contributed by atoms with E-state index in [2.05, 4.69) is 0 Å². The van der Waals surface area contributed by atoms with Crippen LogP contribution in [0, 0.1) is 0 Å². The van der Waals surface area contributed by atoms with E-state index in [-0.39, 0.29) is 249 Å². The maximum atomic E-state index is 14.6. The summed E-state index contributed by atoms with van der Waals surface area (Å²) in [7, 11) is -21.9. The van der Waals surface area contributed by atoms with Crippen molar-refractivity contribution >= 4 is 111 Å². The molecule has 40 heteroatoms. The smallest absolute Gasteiger partial charge is 0.545 e. The van der Waals surface area contributed by atoms with Crippen molar-refractivity contribution in [2.45, 2.75) is 19.6 Å². The molecule has 0 radical (unpaired) electrons. The van der Waals surface area contributed by atoms with E-state index in [0.717, 1.165) is 0 Å². The van der Waals surface area contributed by atoms with Crippen molar-refractivity contribution in [3.05, 3.63) is 154 Å². The van der Waals surface area contributed by atoms with E-state index in [1.807, 2.05) is 0 Å². The van der Waals surface area contributed by atoms with E-state index < -0.39 is 186 Å². The number of carbonyl (C=O) groups excluding carboxylic acids is 8. The molecule has 0 aliphatic rings. The number of carbonyl (C=O) groups is 8. The molecule has 0 atom stereocenters. The van der Waals surface area contributed by atoms with Gasteiger partial charge in [0.1, 0.15) is 0 Å². The maximum absolute atomic E-state index is 14.6. The monoisotopic (exact) mass is 1300 g/mol. The molecule has 0 aliphatic heterocycles. The number of benzene rings is 6. The molecule has 0 spiro atoms. The summed E-state index contributed by atoms with van der Waals surface area (Å²) in [5.41, 5.74) is -13.1. The van der Waals surface area contributed by atoms with Gasteiger partial charge in [0.25, 0.3) is 40.1 Å². The van der Waals surface area contributed by atoms with Gasteiger partial charge >= 0.3 is 236 Å². The first-order valence-electron chi connectivity index (χ1n) is 19.9. The van der Waals surface area contributed by atoms with Crippen molar-refractivity contribution in [2.24, 2.45) is 0 Å². The summed E-state index contributed by atoms with van der Waals surface area (Å²) in [6, 6.07) is 8.83. The number of anilines is 4. The van der Waals surface area contributed by atoms with Crippen molar-refractivity contribution in [3.63, 3.8) is 0 Å². The van der Waals surface area contributed by atoms with E-state index in [0.29, 0.717) is 97.1 Å². The van der Waals surface area contributed by atoms with Gasteiger partial charge in [0.15, 0.2) is 0 Å². The van der Waals surface area contributed by atoms with Crippen LogP contribution in [0.5, 0.6) is 0 Å². The predicted molar refractivity (Wildman–Crippen MR) is 236 cm³/mol. The Bertz CT molecular complexity index is 3700. The summed E-state index contributed by atoms with van der Waals surface area (Å²) in [5.74, 6) is -16.4. The Kier molecular flexibility index (Phi) is 35.8. The molecule has 6 aromatic rings. The van der Waals surface area contributed by atoms with Crippen molar-refractivity contribution in [1.29, 1.82) is 0 Å². The number of carboxylic acids is 8. The normalized spacial score (nSPS) is 10.5. The molecule has 0 heterocycles. The number of aromatic carboxylic acids is 8. The molecule has 0 fully saturated rings. The quantitative estimate of drug-likeness (QED) is 0.0486. The van der Waals surface area contributed by atoms with Gasteiger partial charge in [-0.15, -0.1) is 0 Å². The summed E-state index contributed by atoms with van der Waals surface area (Å²) in [5, 5.41) is 93.8. The number of hydrogen-bond acceptors (Lipinski definition) is 24. The number of rotatable bonds is 21. The van der Waals surface area contributed by atoms with E-state index in [9.17, 15) is 113 Å². The molecular weight excluding hydrogens is 1280 g/mol. The molecule has 394 valence electrons. The molecule has 0 saturated heterocycles. The van der Waals surface area contributed by atoms with Crippen LogP contribution in [-0.4, -0.2) is 81.4 Å². The van der Waals surface area contributed by atoms with Crippen molar-refractivity contribution in [1.82, 2.24) is 0 Å². The van der Waals surface area contributed by atoms with Crippen molar-refractivity contribution in [3.8, 4) is 11.1 Å². The second-order valence-corrected chi connectivity index (χ2v) is 21.9. The average Bonchev–Trinajstić information content (AvgIpc) is 3.32. The van der Waals surface area contributed by atoms with Crippen LogP contribution in [0.15, 0.2) is 129 Å². The Labute approximate surface area is 652 Å². The minimum Gasteiger partial charge on any atom is -0.545 e. The predicted octanol–water partition coefficient (Wildman–Crippen LogP) is -30.5. The van der Waals surface area contributed by atoms with Gasteiger partial charge < -0.3 is 79.2 Å². The number of sulfonamides is 4. The van der Waals surface area contributed by atoms with Gasteiger partial charge in [-0.1, -0.05) is 12.1 Å². The fourth-order valence-electron chi connectivity index (χ4n) is 6.77. The van der Waals surface area contributed by atoms with Crippen LogP contribution in [0.1, 0.15) is 82.9 Å². The Balaban J connectivity index is -0.00000820. The molecule has 0 aromatic heterocycles. The van der Waals surface area contributed by atoms with Crippen LogP contribution in [0.4, 0.5) is 22.7 Å². The minimum absolute atomic E-state index is 0. The Morgan fingerprint density at radius 3 is 0.583 bits per heavy atom. The van der Waals surface area contributed by atoms with E-state index in [1.54, 1.807) is 18.9 Å². The Morgan fingerprint density at radius 1 is 0.250 bits per heavy atom. The molecule has 4 N–H and O–H groups in total. The fraction of sp³-hybridized carbons (Fsp3) is 0. The molecule has 84 heavy (non-hydrogen) atoms. The van der Waals surface area contributed by atoms with Crippen LogP contribution in [0.3, 0.4) is 0 Å². The van der Waals surface area contributed by atoms with Crippen molar-refractivity contribution < 1.29 is 349 Å². The summed E-state index contributed by atoms with van der Waals surface area (Å²) >= 11 is 0. The third-order valence-electron chi connectivity index (χ3n) is 10.0. The molecular formula is C44H22N4Na8O24S4. The first kappa shape index (κ1) is 86.3. The first-order valence-corrected chi connectivity index (χ1v) is 25.8. The summed E-state index contributed by atoms with van der Waals surface area (Å²) in [6.07, 6.45) is 0. The van der Waals surface area contributed by atoms with E-state index >= 15 is 0 Å². The van der Waals surface area contributed by atoms with Gasteiger partial charge in [0.05, 0.1) is 90.1 Å². The van der Waals surface area contributed by atoms with Gasteiger partial charge in [0, 0.05) is 11.1 Å². The minimum atomic E-state index is -5.66. The number of nitrogens with one attached hydrogen (secondary N) is 4. The second kappa shape index (κ2) is 34.9. The standard InChI is InChI=1S/C44H30N4O24S4.8Na/c49-37(50)19-5-20(38(51)52)10-27(9-19)45-73(65,66)31-1-3-33(35(17-31)75(69,70)47-29-13-23(41(57)58)7-24(14-29)42(59)60)34-4-2-32(74(67,68)46-28-11-21(39(53)54)6-22(12-28)40(55)56)18-36(34)76(71,72)48-30-15-25(43(61)62)8-26(16-30)44(63)64;;;;;;;;/h1-18,45-48H,(H,49,50)(H,51,52)(H,53,54)(H,55,56)(H,57,58)(H,59,60)(H,61,62)(H,63,64);;;;;;;;/q;8*+1/p-8. The molecule has 0 unspecified atom stereocenters. The van der Waals surface area contributed by atoms with Gasteiger partial charge in [-0.05, 0) is 142 Å². The maximum Gasteiger partial charge on any atom is 1.00 e.